The maximum absolute atomic E-state index is 14.4. The Hall–Kier alpha value is -2.87. The minimum atomic E-state index is -1.32. The van der Waals surface area contributed by atoms with E-state index in [4.69, 9.17) is 21.1 Å². The van der Waals surface area contributed by atoms with Gasteiger partial charge in [-0.15, -0.1) is 0 Å². The van der Waals surface area contributed by atoms with Crippen molar-refractivity contribution in [3.05, 3.63) is 64.2 Å². The van der Waals surface area contributed by atoms with E-state index < -0.39 is 48.1 Å². The number of nitrogens with zero attached hydrogens (tertiary/aromatic N) is 1. The average molecular weight is 467 g/mol. The second kappa shape index (κ2) is 9.32. The van der Waals surface area contributed by atoms with Crippen LogP contribution in [0.3, 0.4) is 0 Å². The summed E-state index contributed by atoms with van der Waals surface area (Å²) in [7, 11) is 0. The van der Waals surface area contributed by atoms with Gasteiger partial charge in [-0.2, -0.15) is 0 Å². The third-order valence-corrected chi connectivity index (χ3v) is 5.04. The van der Waals surface area contributed by atoms with E-state index in [0.717, 1.165) is 17.0 Å². The standard InChI is InChI=1S/C23H25ClF2N2O4/c1-5-18-20(29)28(12-15-16(25)7-6-8-17(15)26)21(32-22(30)27-23(2,3)4)14-11-13(24)9-10-19(14)31-18/h6-11,18,21H,5,12H2,1-4H3,(H,27,30). The van der Waals surface area contributed by atoms with Gasteiger partial charge in [-0.25, -0.2) is 13.6 Å². The van der Waals surface area contributed by atoms with Crippen molar-refractivity contribution in [2.45, 2.75) is 58.5 Å². The molecule has 0 spiro atoms. The van der Waals surface area contributed by atoms with Gasteiger partial charge in [0.1, 0.15) is 17.4 Å². The van der Waals surface area contributed by atoms with E-state index >= 15 is 0 Å². The molecule has 1 aliphatic heterocycles. The number of fused-ring (bicyclic) bond motifs is 1. The molecular formula is C23H25ClF2N2O4. The number of alkyl carbamates (subject to hydrolysis) is 1. The van der Waals surface area contributed by atoms with Crippen molar-refractivity contribution < 1.29 is 27.8 Å². The Bertz CT molecular complexity index is 1010. The van der Waals surface area contributed by atoms with Crippen LogP contribution in [0.2, 0.25) is 5.02 Å². The predicted octanol–water partition coefficient (Wildman–Crippen LogP) is 5.34. The largest absolute Gasteiger partial charge is 0.480 e. The molecule has 32 heavy (non-hydrogen) atoms. The SMILES string of the molecule is CCC1Oc2ccc(Cl)cc2C(OC(=O)NC(C)(C)C)N(Cc2c(F)cccc2F)C1=O. The van der Waals surface area contributed by atoms with Gasteiger partial charge in [0.25, 0.3) is 5.91 Å². The van der Waals surface area contributed by atoms with Crippen molar-refractivity contribution >= 4 is 23.6 Å². The summed E-state index contributed by atoms with van der Waals surface area (Å²) in [6.45, 7) is 6.56. The van der Waals surface area contributed by atoms with E-state index in [9.17, 15) is 18.4 Å². The summed E-state index contributed by atoms with van der Waals surface area (Å²) in [6.07, 6.45) is -2.79. The van der Waals surface area contributed by atoms with E-state index in [0.29, 0.717) is 16.3 Å². The molecular weight excluding hydrogens is 442 g/mol. The van der Waals surface area contributed by atoms with E-state index in [-0.39, 0.29) is 12.0 Å². The summed E-state index contributed by atoms with van der Waals surface area (Å²) in [4.78, 5) is 27.1. The van der Waals surface area contributed by atoms with Crippen molar-refractivity contribution in [3.63, 3.8) is 0 Å². The highest BCUT2D eigenvalue weighted by atomic mass is 35.5. The Kier molecular flexibility index (Phi) is 6.93. The number of carbonyl (C=O) groups excluding carboxylic acids is 2. The molecule has 0 radical (unpaired) electrons. The van der Waals surface area contributed by atoms with Crippen LogP contribution in [0.5, 0.6) is 5.75 Å². The van der Waals surface area contributed by atoms with Gasteiger partial charge in [-0.1, -0.05) is 24.6 Å². The van der Waals surface area contributed by atoms with Gasteiger partial charge in [0.15, 0.2) is 6.10 Å². The van der Waals surface area contributed by atoms with Crippen LogP contribution >= 0.6 is 11.6 Å². The molecule has 2 aromatic rings. The minimum absolute atomic E-state index is 0.290. The zero-order chi connectivity index (χ0) is 23.6. The molecule has 0 aliphatic carbocycles. The average Bonchev–Trinajstić information content (AvgIpc) is 2.79. The first kappa shape index (κ1) is 23.8. The first-order valence-corrected chi connectivity index (χ1v) is 10.6. The van der Waals surface area contributed by atoms with Crippen LogP contribution in [0.25, 0.3) is 0 Å². The Labute approximate surface area is 190 Å². The topological polar surface area (TPSA) is 67.9 Å². The van der Waals surface area contributed by atoms with E-state index in [2.05, 4.69) is 5.32 Å². The molecule has 0 saturated heterocycles. The Morgan fingerprint density at radius 3 is 2.47 bits per heavy atom. The number of nitrogens with one attached hydrogen (secondary N) is 1. The van der Waals surface area contributed by atoms with Crippen LogP contribution in [0.1, 0.15) is 51.5 Å². The molecule has 0 fully saturated rings. The minimum Gasteiger partial charge on any atom is -0.480 e. The lowest BCUT2D eigenvalue weighted by Gasteiger charge is -2.32. The van der Waals surface area contributed by atoms with Crippen molar-refractivity contribution in [2.24, 2.45) is 0 Å². The highest BCUT2D eigenvalue weighted by molar-refractivity contribution is 6.30. The van der Waals surface area contributed by atoms with Crippen molar-refractivity contribution in [2.75, 3.05) is 0 Å². The number of hydrogen-bond acceptors (Lipinski definition) is 4. The van der Waals surface area contributed by atoms with Crippen molar-refractivity contribution in [3.8, 4) is 5.75 Å². The van der Waals surface area contributed by atoms with Crippen LogP contribution < -0.4 is 10.1 Å². The lowest BCUT2D eigenvalue weighted by atomic mass is 10.1. The van der Waals surface area contributed by atoms with Crippen molar-refractivity contribution in [1.29, 1.82) is 0 Å². The summed E-state index contributed by atoms with van der Waals surface area (Å²) in [6, 6.07) is 8.08. The summed E-state index contributed by atoms with van der Waals surface area (Å²) in [5, 5.41) is 2.97. The number of ether oxygens (including phenoxy) is 2. The first-order chi connectivity index (χ1) is 15.0. The maximum Gasteiger partial charge on any atom is 0.409 e. The number of benzene rings is 2. The number of hydrogen-bond donors (Lipinski definition) is 1. The third kappa shape index (κ3) is 5.30. The lowest BCUT2D eigenvalue weighted by Crippen LogP contribution is -2.46. The molecule has 9 heteroatoms. The molecule has 1 N–H and O–H groups in total. The zero-order valence-corrected chi connectivity index (χ0v) is 19.0. The maximum atomic E-state index is 14.4. The van der Waals surface area contributed by atoms with E-state index in [1.165, 1.54) is 12.1 Å². The van der Waals surface area contributed by atoms with Crippen LogP contribution in [0, 0.1) is 11.6 Å². The van der Waals surface area contributed by atoms with Gasteiger partial charge in [0.05, 0.1) is 12.1 Å². The fourth-order valence-electron chi connectivity index (χ4n) is 3.33. The molecule has 1 heterocycles. The second-order valence-corrected chi connectivity index (χ2v) is 8.93. The molecule has 2 atom stereocenters. The Balaban J connectivity index is 2.11. The summed E-state index contributed by atoms with van der Waals surface area (Å²) in [5.41, 5.74) is -0.651. The quantitative estimate of drug-likeness (QED) is 0.660. The molecule has 3 rings (SSSR count). The van der Waals surface area contributed by atoms with Crippen LogP contribution in [-0.4, -0.2) is 28.5 Å². The molecule has 2 aromatic carbocycles. The highest BCUT2D eigenvalue weighted by Gasteiger charge is 2.40. The van der Waals surface area contributed by atoms with Crippen LogP contribution in [0.4, 0.5) is 13.6 Å². The van der Waals surface area contributed by atoms with Crippen molar-refractivity contribution in [1.82, 2.24) is 10.2 Å². The second-order valence-electron chi connectivity index (χ2n) is 8.50. The lowest BCUT2D eigenvalue weighted by molar-refractivity contribution is -0.149. The van der Waals surface area contributed by atoms with Crippen LogP contribution in [0.15, 0.2) is 36.4 Å². The molecule has 172 valence electrons. The smallest absolute Gasteiger partial charge is 0.409 e. The summed E-state index contributed by atoms with van der Waals surface area (Å²) < 4.78 is 40.4. The molecule has 1 aliphatic rings. The monoisotopic (exact) mass is 466 g/mol. The first-order valence-electron chi connectivity index (χ1n) is 10.2. The molecule has 0 aromatic heterocycles. The van der Waals surface area contributed by atoms with E-state index in [1.807, 2.05) is 0 Å². The fraction of sp³-hybridized carbons (Fsp3) is 0.391. The molecule has 2 unspecified atom stereocenters. The van der Waals surface area contributed by atoms with Gasteiger partial charge in [0, 0.05) is 16.1 Å². The summed E-state index contributed by atoms with van der Waals surface area (Å²) in [5.74, 6) is -1.92. The molecule has 0 bridgehead atoms. The van der Waals surface area contributed by atoms with Gasteiger partial charge >= 0.3 is 6.09 Å². The van der Waals surface area contributed by atoms with Gasteiger partial charge in [-0.3, -0.25) is 9.69 Å². The number of halogens is 3. The number of amides is 2. The number of carbonyl (C=O) groups is 2. The summed E-state index contributed by atoms with van der Waals surface area (Å²) >= 11 is 6.17. The predicted molar refractivity (Wildman–Crippen MR) is 115 cm³/mol. The van der Waals surface area contributed by atoms with Gasteiger partial charge < -0.3 is 14.8 Å². The molecule has 0 saturated carbocycles. The Morgan fingerprint density at radius 1 is 1.22 bits per heavy atom. The molecule has 6 nitrogen and oxygen atoms in total. The van der Waals surface area contributed by atoms with Gasteiger partial charge in [-0.05, 0) is 57.5 Å². The van der Waals surface area contributed by atoms with E-state index in [1.54, 1.807) is 39.8 Å². The normalized spacial score (nSPS) is 18.5. The highest BCUT2D eigenvalue weighted by Crippen LogP contribution is 2.38. The Morgan fingerprint density at radius 2 is 1.88 bits per heavy atom. The number of rotatable bonds is 4. The molecule has 2 amide bonds. The third-order valence-electron chi connectivity index (χ3n) is 4.81. The fourth-order valence-corrected chi connectivity index (χ4v) is 3.51. The zero-order valence-electron chi connectivity index (χ0n) is 18.2. The van der Waals surface area contributed by atoms with Gasteiger partial charge in [0.2, 0.25) is 6.23 Å². The van der Waals surface area contributed by atoms with Crippen LogP contribution in [-0.2, 0) is 16.1 Å².